The summed E-state index contributed by atoms with van der Waals surface area (Å²) in [6, 6.07) is 10.9. The summed E-state index contributed by atoms with van der Waals surface area (Å²) in [5.74, 6) is 0.0179. The molecule has 3 rings (SSSR count). The summed E-state index contributed by atoms with van der Waals surface area (Å²) in [5, 5.41) is 3.11. The lowest BCUT2D eigenvalue weighted by atomic mass is 9.75. The van der Waals surface area contributed by atoms with E-state index in [4.69, 9.17) is 11.6 Å². The first-order chi connectivity index (χ1) is 14.3. The molecule has 1 aliphatic rings. The van der Waals surface area contributed by atoms with Crippen LogP contribution in [-0.2, 0) is 0 Å². The van der Waals surface area contributed by atoms with Crippen LogP contribution < -0.4 is 5.32 Å². The number of benzene rings is 2. The number of rotatable bonds is 7. The van der Waals surface area contributed by atoms with Crippen molar-refractivity contribution in [2.45, 2.75) is 38.1 Å². The second-order valence-electron chi connectivity index (χ2n) is 8.41. The van der Waals surface area contributed by atoms with Gasteiger partial charge >= 0.3 is 0 Å². The Bertz CT molecular complexity index is 866. The average molecular weight is 435 g/mol. The Kier molecular flexibility index (Phi) is 7.84. The number of nitrogens with zero attached hydrogens (tertiary/aromatic N) is 1. The molecule has 0 heterocycles. The Morgan fingerprint density at radius 2 is 1.80 bits per heavy atom. The smallest absolute Gasteiger partial charge is 0.252 e. The number of carbonyl (C=O) groups is 1. The monoisotopic (exact) mass is 434 g/mol. The summed E-state index contributed by atoms with van der Waals surface area (Å²) in [6.45, 7) is 0.544. The van der Waals surface area contributed by atoms with Crippen LogP contribution in [0.5, 0.6) is 0 Å². The molecule has 0 spiro atoms. The Morgan fingerprint density at radius 3 is 2.47 bits per heavy atom. The Labute approximate surface area is 182 Å². The van der Waals surface area contributed by atoms with Gasteiger partial charge in [-0.25, -0.2) is 8.78 Å². The van der Waals surface area contributed by atoms with E-state index in [0.717, 1.165) is 43.7 Å². The zero-order chi connectivity index (χ0) is 21.7. The lowest BCUT2D eigenvalue weighted by Crippen LogP contribution is -2.31. The van der Waals surface area contributed by atoms with Gasteiger partial charge in [0.2, 0.25) is 0 Å². The molecule has 1 amide bonds. The Balaban J connectivity index is 1.49. The second-order valence-corrected chi connectivity index (χ2v) is 8.82. The fraction of sp³-hybridized carbons (Fsp3) is 0.458. The highest BCUT2D eigenvalue weighted by Crippen LogP contribution is 2.40. The zero-order valence-corrected chi connectivity index (χ0v) is 18.3. The minimum Gasteiger partial charge on any atom is -0.352 e. The molecule has 6 heteroatoms. The van der Waals surface area contributed by atoms with Gasteiger partial charge in [0.25, 0.3) is 5.91 Å². The normalized spacial score (nSPS) is 20.2. The number of carbonyl (C=O) groups excluding carboxylic acids is 1. The van der Waals surface area contributed by atoms with E-state index in [-0.39, 0.29) is 28.4 Å². The molecule has 1 atom stereocenters. The highest BCUT2D eigenvalue weighted by Gasteiger charge is 2.30. The summed E-state index contributed by atoms with van der Waals surface area (Å²) in [4.78, 5) is 14.4. The van der Waals surface area contributed by atoms with Crippen molar-refractivity contribution in [3.63, 3.8) is 0 Å². The molecule has 0 radical (unpaired) electrons. The van der Waals surface area contributed by atoms with Crippen LogP contribution in [0, 0.1) is 23.5 Å². The van der Waals surface area contributed by atoms with Crippen LogP contribution in [0.1, 0.15) is 54.1 Å². The summed E-state index contributed by atoms with van der Waals surface area (Å²) < 4.78 is 27.1. The van der Waals surface area contributed by atoms with Crippen molar-refractivity contribution in [3.05, 3.63) is 70.2 Å². The molecule has 1 unspecified atom stereocenters. The molecule has 162 valence electrons. The van der Waals surface area contributed by atoms with Crippen molar-refractivity contribution in [1.82, 2.24) is 10.2 Å². The van der Waals surface area contributed by atoms with Gasteiger partial charge in [-0.15, -0.1) is 0 Å². The maximum atomic E-state index is 13.7. The summed E-state index contributed by atoms with van der Waals surface area (Å²) >= 11 is 6.00. The number of nitrogens with one attached hydrogen (secondary N) is 1. The van der Waals surface area contributed by atoms with Crippen molar-refractivity contribution in [2.75, 3.05) is 20.6 Å². The number of halogens is 3. The van der Waals surface area contributed by atoms with E-state index in [0.29, 0.717) is 18.4 Å². The van der Waals surface area contributed by atoms with Crippen molar-refractivity contribution in [3.8, 4) is 0 Å². The summed E-state index contributed by atoms with van der Waals surface area (Å²) in [6.07, 6.45) is 5.21. The third-order valence-corrected chi connectivity index (χ3v) is 6.43. The first-order valence-electron chi connectivity index (χ1n) is 10.5. The van der Waals surface area contributed by atoms with E-state index in [1.54, 1.807) is 12.1 Å². The minimum absolute atomic E-state index is 0.171. The molecular weight excluding hydrogens is 406 g/mol. The standard InChI is InChI=1S/C24H29ClF2N2O/c1-29(2)23(18-4-3-5-19(26)14-18)17-8-6-16(7-9-17)12-13-28-24(30)21-15-20(27)10-11-22(21)25/h3-5,10-11,14-17,23H,6-9,12-13H2,1-2H3,(H,28,30). The highest BCUT2D eigenvalue weighted by atomic mass is 35.5. The summed E-state index contributed by atoms with van der Waals surface area (Å²) in [7, 11) is 4.10. The van der Waals surface area contributed by atoms with Gasteiger partial charge in [-0.2, -0.15) is 0 Å². The molecule has 1 N–H and O–H groups in total. The van der Waals surface area contributed by atoms with Gasteiger partial charge in [0.1, 0.15) is 11.6 Å². The molecule has 1 saturated carbocycles. The van der Waals surface area contributed by atoms with E-state index < -0.39 is 5.82 Å². The third kappa shape index (κ3) is 5.79. The van der Waals surface area contributed by atoms with E-state index in [1.165, 1.54) is 18.2 Å². The van der Waals surface area contributed by atoms with Crippen LogP contribution >= 0.6 is 11.6 Å². The maximum absolute atomic E-state index is 13.7. The highest BCUT2D eigenvalue weighted by molar-refractivity contribution is 6.33. The van der Waals surface area contributed by atoms with Gasteiger partial charge in [-0.3, -0.25) is 4.79 Å². The van der Waals surface area contributed by atoms with Gasteiger partial charge in [0.05, 0.1) is 10.6 Å². The number of hydrogen-bond donors (Lipinski definition) is 1. The SMILES string of the molecule is CN(C)C(c1cccc(F)c1)C1CCC(CCNC(=O)c2cc(F)ccc2Cl)CC1. The largest absolute Gasteiger partial charge is 0.352 e. The lowest BCUT2D eigenvalue weighted by Gasteiger charge is -2.37. The van der Waals surface area contributed by atoms with Crippen molar-refractivity contribution in [2.24, 2.45) is 11.8 Å². The molecule has 0 aliphatic heterocycles. The minimum atomic E-state index is -0.475. The zero-order valence-electron chi connectivity index (χ0n) is 17.5. The van der Waals surface area contributed by atoms with E-state index >= 15 is 0 Å². The van der Waals surface area contributed by atoms with Crippen LogP contribution in [0.15, 0.2) is 42.5 Å². The fourth-order valence-corrected chi connectivity index (χ4v) is 4.84. The third-order valence-electron chi connectivity index (χ3n) is 6.10. The molecule has 1 fully saturated rings. The van der Waals surface area contributed by atoms with Crippen LogP contribution in [0.25, 0.3) is 0 Å². The molecule has 0 aromatic heterocycles. The quantitative estimate of drug-likeness (QED) is 0.593. The Morgan fingerprint density at radius 1 is 1.10 bits per heavy atom. The van der Waals surface area contributed by atoms with Crippen LogP contribution in [0.3, 0.4) is 0 Å². The van der Waals surface area contributed by atoms with E-state index in [9.17, 15) is 13.6 Å². The molecule has 2 aromatic rings. The topological polar surface area (TPSA) is 32.3 Å². The lowest BCUT2D eigenvalue weighted by molar-refractivity contribution is 0.0947. The average Bonchev–Trinajstić information content (AvgIpc) is 2.71. The number of amides is 1. The first-order valence-corrected chi connectivity index (χ1v) is 10.9. The first kappa shape index (κ1) is 22.7. The van der Waals surface area contributed by atoms with Crippen molar-refractivity contribution >= 4 is 17.5 Å². The van der Waals surface area contributed by atoms with Crippen molar-refractivity contribution < 1.29 is 13.6 Å². The molecule has 1 aliphatic carbocycles. The van der Waals surface area contributed by atoms with Crippen molar-refractivity contribution in [1.29, 1.82) is 0 Å². The molecule has 3 nitrogen and oxygen atoms in total. The Hall–Kier alpha value is -1.98. The van der Waals surface area contributed by atoms with Gasteiger partial charge < -0.3 is 10.2 Å². The fourth-order valence-electron chi connectivity index (χ4n) is 4.63. The second kappa shape index (κ2) is 10.4. The molecule has 30 heavy (non-hydrogen) atoms. The molecule has 2 aromatic carbocycles. The van der Waals surface area contributed by atoms with Gasteiger partial charge in [-0.1, -0.05) is 36.6 Å². The van der Waals surface area contributed by atoms with Crippen LogP contribution in [0.4, 0.5) is 8.78 Å². The van der Waals surface area contributed by atoms with Gasteiger partial charge in [0, 0.05) is 12.6 Å². The van der Waals surface area contributed by atoms with Crippen LogP contribution in [0.2, 0.25) is 5.02 Å². The predicted molar refractivity (Wildman–Crippen MR) is 117 cm³/mol. The van der Waals surface area contributed by atoms with E-state index in [1.807, 2.05) is 6.07 Å². The molecular formula is C24H29ClF2N2O. The maximum Gasteiger partial charge on any atom is 0.252 e. The molecule has 0 bridgehead atoms. The van der Waals surface area contributed by atoms with Gasteiger partial charge in [0.15, 0.2) is 0 Å². The van der Waals surface area contributed by atoms with Crippen LogP contribution in [-0.4, -0.2) is 31.4 Å². The van der Waals surface area contributed by atoms with Gasteiger partial charge in [-0.05, 0) is 81.1 Å². The van der Waals surface area contributed by atoms with E-state index in [2.05, 4.69) is 24.3 Å². The summed E-state index contributed by atoms with van der Waals surface area (Å²) in [5.41, 5.74) is 1.20. The predicted octanol–water partition coefficient (Wildman–Crippen LogP) is 5.85. The molecule has 0 saturated heterocycles. The number of hydrogen-bond acceptors (Lipinski definition) is 2.